The van der Waals surface area contributed by atoms with Crippen LogP contribution in [0.4, 0.5) is 5.69 Å². The molecule has 1 aromatic carbocycles. The molecule has 0 spiro atoms. The molecule has 0 aliphatic carbocycles. The number of amides is 1. The fourth-order valence-corrected chi connectivity index (χ4v) is 3.23. The van der Waals surface area contributed by atoms with Crippen LogP contribution < -0.4 is 11.1 Å². The number of carbonyl (C=O) groups excluding carboxylic acids is 1. The summed E-state index contributed by atoms with van der Waals surface area (Å²) in [5.41, 5.74) is 7.60. The number of hydrogen-bond acceptors (Lipinski definition) is 4. The molecule has 6 nitrogen and oxygen atoms in total. The molecule has 4 N–H and O–H groups in total. The zero-order chi connectivity index (χ0) is 13.7. The van der Waals surface area contributed by atoms with Gasteiger partial charge >= 0.3 is 0 Å². The fourth-order valence-electron chi connectivity index (χ4n) is 3.23. The van der Waals surface area contributed by atoms with Gasteiger partial charge in [-0.25, -0.2) is 0 Å². The Kier molecular flexibility index (Phi) is 2.47. The highest BCUT2D eigenvalue weighted by Gasteiger charge is 2.41. The topological polar surface area (TPSA) is 93.0 Å². The number of nitrogen functional groups attached to an aromatic ring is 1. The van der Waals surface area contributed by atoms with Crippen molar-refractivity contribution in [1.29, 1.82) is 0 Å². The number of benzene rings is 1. The van der Waals surface area contributed by atoms with Crippen molar-refractivity contribution >= 4 is 22.5 Å². The summed E-state index contributed by atoms with van der Waals surface area (Å²) in [6, 6.07) is 5.49. The van der Waals surface area contributed by atoms with Gasteiger partial charge in [-0.3, -0.25) is 9.89 Å². The number of aromatic nitrogens is 2. The second kappa shape index (κ2) is 4.21. The molecular weight excluding hydrogens is 256 g/mol. The third-order valence-corrected chi connectivity index (χ3v) is 4.22. The fraction of sp³-hybridized carbons (Fsp3) is 0.429. The molecular formula is C14H16N4O2. The van der Waals surface area contributed by atoms with E-state index >= 15 is 0 Å². The minimum Gasteiger partial charge on any atom is -0.399 e. The highest BCUT2D eigenvalue weighted by Crippen LogP contribution is 2.34. The van der Waals surface area contributed by atoms with Gasteiger partial charge in [0.05, 0.1) is 23.8 Å². The number of rotatable bonds is 2. The summed E-state index contributed by atoms with van der Waals surface area (Å²) in [4.78, 5) is 12.4. The Morgan fingerprint density at radius 2 is 2.35 bits per heavy atom. The van der Waals surface area contributed by atoms with Crippen molar-refractivity contribution < 1.29 is 9.53 Å². The number of H-pyrrole nitrogens is 1. The van der Waals surface area contributed by atoms with E-state index in [1.807, 2.05) is 6.07 Å². The molecule has 3 unspecified atom stereocenters. The smallest absolute Gasteiger partial charge is 0.272 e. The maximum absolute atomic E-state index is 12.4. The summed E-state index contributed by atoms with van der Waals surface area (Å²) in [5.74, 6) is -0.164. The quantitative estimate of drug-likeness (QED) is 0.716. The van der Waals surface area contributed by atoms with E-state index in [0.717, 1.165) is 30.2 Å². The number of nitrogens with two attached hydrogens (primary N) is 1. The molecule has 3 heterocycles. The summed E-state index contributed by atoms with van der Waals surface area (Å²) < 4.78 is 5.75. The number of ether oxygens (including phenoxy) is 1. The number of nitrogens with one attached hydrogen (secondary N) is 2. The Morgan fingerprint density at radius 3 is 3.10 bits per heavy atom. The lowest BCUT2D eigenvalue weighted by molar-refractivity contribution is 0.0838. The lowest BCUT2D eigenvalue weighted by atomic mass is 9.95. The van der Waals surface area contributed by atoms with Crippen LogP contribution in [0.3, 0.4) is 0 Å². The monoisotopic (exact) mass is 272 g/mol. The van der Waals surface area contributed by atoms with Gasteiger partial charge < -0.3 is 15.8 Å². The number of aromatic amines is 1. The summed E-state index contributed by atoms with van der Waals surface area (Å²) in [6.07, 6.45) is 3.53. The molecule has 3 atom stereocenters. The zero-order valence-corrected chi connectivity index (χ0v) is 10.9. The van der Waals surface area contributed by atoms with Crippen LogP contribution >= 0.6 is 0 Å². The van der Waals surface area contributed by atoms with Gasteiger partial charge in [-0.1, -0.05) is 0 Å². The van der Waals surface area contributed by atoms with Gasteiger partial charge in [0.15, 0.2) is 5.69 Å². The second-order valence-corrected chi connectivity index (χ2v) is 5.57. The van der Waals surface area contributed by atoms with E-state index in [4.69, 9.17) is 10.5 Å². The van der Waals surface area contributed by atoms with Crippen LogP contribution in [-0.2, 0) is 4.74 Å². The van der Waals surface area contributed by atoms with Crippen LogP contribution in [0.15, 0.2) is 18.2 Å². The molecule has 2 saturated heterocycles. The molecule has 2 bridgehead atoms. The number of nitrogens with zero attached hydrogens (tertiary/aromatic N) is 1. The Hall–Kier alpha value is -2.08. The zero-order valence-electron chi connectivity index (χ0n) is 10.9. The van der Waals surface area contributed by atoms with Gasteiger partial charge in [0, 0.05) is 11.1 Å². The van der Waals surface area contributed by atoms with Gasteiger partial charge in [0.2, 0.25) is 0 Å². The van der Waals surface area contributed by atoms with Crippen LogP contribution in [0, 0.1) is 0 Å². The van der Waals surface area contributed by atoms with Gasteiger partial charge in [0.1, 0.15) is 0 Å². The normalized spacial score (nSPS) is 28.1. The lowest BCUT2D eigenvalue weighted by Gasteiger charge is -2.19. The van der Waals surface area contributed by atoms with E-state index in [0.29, 0.717) is 17.5 Å². The van der Waals surface area contributed by atoms with E-state index in [1.165, 1.54) is 0 Å². The summed E-state index contributed by atoms with van der Waals surface area (Å²) in [5, 5.41) is 10.8. The van der Waals surface area contributed by atoms with Crippen LogP contribution in [0.5, 0.6) is 0 Å². The van der Waals surface area contributed by atoms with E-state index in [1.54, 1.807) is 12.1 Å². The lowest BCUT2D eigenvalue weighted by Crippen LogP contribution is -2.41. The van der Waals surface area contributed by atoms with Crippen molar-refractivity contribution in [2.45, 2.75) is 37.5 Å². The van der Waals surface area contributed by atoms with Crippen molar-refractivity contribution in [2.24, 2.45) is 0 Å². The van der Waals surface area contributed by atoms with Gasteiger partial charge in [-0.05, 0) is 37.5 Å². The number of carbonyl (C=O) groups is 1. The predicted molar refractivity (Wildman–Crippen MR) is 74.3 cm³/mol. The molecule has 0 radical (unpaired) electrons. The van der Waals surface area contributed by atoms with E-state index < -0.39 is 0 Å². The summed E-state index contributed by atoms with van der Waals surface area (Å²) in [7, 11) is 0. The van der Waals surface area contributed by atoms with Gasteiger partial charge in [-0.15, -0.1) is 0 Å². The first-order valence-electron chi connectivity index (χ1n) is 6.90. The molecule has 104 valence electrons. The molecule has 20 heavy (non-hydrogen) atoms. The molecule has 2 fully saturated rings. The highest BCUT2D eigenvalue weighted by molar-refractivity contribution is 6.05. The average Bonchev–Trinajstić information content (AvgIpc) is 3.11. The Balaban J connectivity index is 1.59. The van der Waals surface area contributed by atoms with Crippen molar-refractivity contribution in [2.75, 3.05) is 5.73 Å². The van der Waals surface area contributed by atoms with Crippen LogP contribution in [0.2, 0.25) is 0 Å². The van der Waals surface area contributed by atoms with E-state index in [-0.39, 0.29) is 18.1 Å². The first-order chi connectivity index (χ1) is 9.70. The molecule has 2 aliphatic rings. The second-order valence-electron chi connectivity index (χ2n) is 5.57. The molecule has 0 saturated carbocycles. The van der Waals surface area contributed by atoms with Crippen molar-refractivity contribution in [3.8, 4) is 0 Å². The van der Waals surface area contributed by atoms with Gasteiger partial charge in [-0.2, -0.15) is 5.10 Å². The first-order valence-corrected chi connectivity index (χ1v) is 6.90. The maximum atomic E-state index is 12.4. The van der Waals surface area contributed by atoms with Crippen LogP contribution in [0.1, 0.15) is 29.8 Å². The molecule has 2 aromatic rings. The molecule has 1 amide bonds. The van der Waals surface area contributed by atoms with Gasteiger partial charge in [0.25, 0.3) is 5.91 Å². The standard InChI is InChI=1S/C14H16N4O2/c15-7-1-3-10-9(5-7)13(18-17-10)14(19)16-11-6-8-2-4-12(11)20-8/h1,3,5,8,11-12H,2,4,6,15H2,(H,16,19)(H,17,18). The van der Waals surface area contributed by atoms with E-state index in [9.17, 15) is 4.79 Å². The minimum atomic E-state index is -0.164. The summed E-state index contributed by atoms with van der Waals surface area (Å²) >= 11 is 0. The Morgan fingerprint density at radius 1 is 1.45 bits per heavy atom. The largest absolute Gasteiger partial charge is 0.399 e. The highest BCUT2D eigenvalue weighted by atomic mass is 16.5. The number of fused-ring (bicyclic) bond motifs is 3. The predicted octanol–water partition coefficient (Wildman–Crippen LogP) is 1.19. The number of hydrogen-bond donors (Lipinski definition) is 3. The summed E-state index contributed by atoms with van der Waals surface area (Å²) in [6.45, 7) is 0. The van der Waals surface area contributed by atoms with Crippen molar-refractivity contribution in [3.63, 3.8) is 0 Å². The third-order valence-electron chi connectivity index (χ3n) is 4.22. The molecule has 1 aromatic heterocycles. The minimum absolute atomic E-state index is 0.106. The Bertz CT molecular complexity index is 681. The van der Waals surface area contributed by atoms with E-state index in [2.05, 4.69) is 15.5 Å². The van der Waals surface area contributed by atoms with Crippen molar-refractivity contribution in [3.05, 3.63) is 23.9 Å². The third kappa shape index (κ3) is 1.76. The number of anilines is 1. The SMILES string of the molecule is Nc1ccc2[nH]nc(C(=O)NC3CC4CCC3O4)c2c1. The molecule has 4 rings (SSSR count). The van der Waals surface area contributed by atoms with Crippen LogP contribution in [0.25, 0.3) is 10.9 Å². The Labute approximate surface area is 115 Å². The van der Waals surface area contributed by atoms with Crippen LogP contribution in [-0.4, -0.2) is 34.4 Å². The molecule has 2 aliphatic heterocycles. The maximum Gasteiger partial charge on any atom is 0.272 e. The first kappa shape index (κ1) is 11.7. The molecule has 6 heteroatoms. The average molecular weight is 272 g/mol. The van der Waals surface area contributed by atoms with Crippen molar-refractivity contribution in [1.82, 2.24) is 15.5 Å².